The third-order valence-corrected chi connectivity index (χ3v) is 2.22. The monoisotopic (exact) mass is 228 g/mol. The maximum absolute atomic E-state index is 11.4. The zero-order valence-corrected chi connectivity index (χ0v) is 9.94. The molecule has 84 valence electrons. The highest BCUT2D eigenvalue weighted by Crippen LogP contribution is 2.18. The van der Waals surface area contributed by atoms with E-state index >= 15 is 0 Å². The summed E-state index contributed by atoms with van der Waals surface area (Å²) >= 11 is 1.32. The SMILES string of the molecule is CC(C)(C)NC(=O)CNc1ncc(N)s1. The molecule has 0 unspecified atom stereocenters. The van der Waals surface area contributed by atoms with Gasteiger partial charge in [0.25, 0.3) is 0 Å². The molecule has 0 saturated heterocycles. The molecule has 0 aromatic carbocycles. The van der Waals surface area contributed by atoms with Crippen LogP contribution in [0.15, 0.2) is 6.20 Å². The lowest BCUT2D eigenvalue weighted by Crippen LogP contribution is -2.43. The smallest absolute Gasteiger partial charge is 0.239 e. The Kier molecular flexibility index (Phi) is 3.52. The minimum atomic E-state index is -0.208. The third kappa shape index (κ3) is 4.64. The number of aromatic nitrogens is 1. The van der Waals surface area contributed by atoms with Crippen molar-refractivity contribution in [3.8, 4) is 0 Å². The van der Waals surface area contributed by atoms with E-state index in [1.807, 2.05) is 20.8 Å². The van der Waals surface area contributed by atoms with Crippen molar-refractivity contribution in [2.24, 2.45) is 0 Å². The Balaban J connectivity index is 2.35. The number of nitrogens with two attached hydrogens (primary N) is 1. The molecule has 1 aromatic heterocycles. The predicted molar refractivity (Wildman–Crippen MR) is 62.9 cm³/mol. The second-order valence-electron chi connectivity index (χ2n) is 4.22. The predicted octanol–water partition coefficient (Wildman–Crippen LogP) is 1.05. The molecule has 0 fully saturated rings. The molecule has 0 saturated carbocycles. The van der Waals surface area contributed by atoms with Gasteiger partial charge in [-0.25, -0.2) is 4.98 Å². The molecule has 0 atom stereocenters. The van der Waals surface area contributed by atoms with E-state index in [4.69, 9.17) is 5.73 Å². The highest BCUT2D eigenvalue weighted by Gasteiger charge is 2.13. The maximum Gasteiger partial charge on any atom is 0.239 e. The lowest BCUT2D eigenvalue weighted by Gasteiger charge is -2.20. The molecule has 0 bridgehead atoms. The molecule has 1 heterocycles. The molecule has 4 N–H and O–H groups in total. The van der Waals surface area contributed by atoms with Gasteiger partial charge in [0.2, 0.25) is 5.91 Å². The average Bonchev–Trinajstić information content (AvgIpc) is 2.45. The fraction of sp³-hybridized carbons (Fsp3) is 0.556. The van der Waals surface area contributed by atoms with Crippen LogP contribution in [0, 0.1) is 0 Å². The molecule has 0 aliphatic rings. The van der Waals surface area contributed by atoms with Crippen molar-refractivity contribution in [2.75, 3.05) is 17.6 Å². The zero-order chi connectivity index (χ0) is 11.5. The molecule has 1 rings (SSSR count). The summed E-state index contributed by atoms with van der Waals surface area (Å²) in [4.78, 5) is 15.4. The summed E-state index contributed by atoms with van der Waals surface area (Å²) in [6.45, 7) is 6.02. The Hall–Kier alpha value is -1.30. The van der Waals surface area contributed by atoms with Gasteiger partial charge in [-0.15, -0.1) is 0 Å². The fourth-order valence-corrected chi connectivity index (χ4v) is 1.57. The fourth-order valence-electron chi connectivity index (χ4n) is 0.987. The molecule has 0 spiro atoms. The van der Waals surface area contributed by atoms with Crippen molar-refractivity contribution in [1.29, 1.82) is 0 Å². The van der Waals surface area contributed by atoms with Crippen LogP contribution in [0.25, 0.3) is 0 Å². The summed E-state index contributed by atoms with van der Waals surface area (Å²) in [5.41, 5.74) is 5.29. The van der Waals surface area contributed by atoms with Crippen LogP contribution in [0.1, 0.15) is 20.8 Å². The average molecular weight is 228 g/mol. The molecule has 1 aromatic rings. The van der Waals surface area contributed by atoms with Gasteiger partial charge in [0.1, 0.15) is 5.00 Å². The number of carbonyl (C=O) groups excluding carboxylic acids is 1. The minimum Gasteiger partial charge on any atom is -0.389 e. The van der Waals surface area contributed by atoms with Gasteiger partial charge in [0.15, 0.2) is 5.13 Å². The van der Waals surface area contributed by atoms with E-state index in [9.17, 15) is 4.79 Å². The van der Waals surface area contributed by atoms with Crippen LogP contribution in [0.5, 0.6) is 0 Å². The summed E-state index contributed by atoms with van der Waals surface area (Å²) in [5.74, 6) is -0.0590. The number of nitrogens with one attached hydrogen (secondary N) is 2. The zero-order valence-electron chi connectivity index (χ0n) is 9.13. The Morgan fingerprint density at radius 2 is 2.27 bits per heavy atom. The number of hydrogen-bond donors (Lipinski definition) is 3. The van der Waals surface area contributed by atoms with Crippen LogP contribution >= 0.6 is 11.3 Å². The van der Waals surface area contributed by atoms with Gasteiger partial charge in [0.05, 0.1) is 12.7 Å². The summed E-state index contributed by atoms with van der Waals surface area (Å²) in [5, 5.41) is 7.04. The summed E-state index contributed by atoms with van der Waals surface area (Å²) in [6, 6.07) is 0. The molecular weight excluding hydrogens is 212 g/mol. The molecule has 6 heteroatoms. The van der Waals surface area contributed by atoms with Gasteiger partial charge in [-0.3, -0.25) is 4.79 Å². The minimum absolute atomic E-state index is 0.0590. The van der Waals surface area contributed by atoms with E-state index in [1.165, 1.54) is 11.3 Å². The third-order valence-electron chi connectivity index (χ3n) is 1.44. The van der Waals surface area contributed by atoms with E-state index in [0.717, 1.165) is 0 Å². The Labute approximate surface area is 93.1 Å². The first-order chi connectivity index (χ1) is 6.87. The number of anilines is 2. The van der Waals surface area contributed by atoms with Crippen molar-refractivity contribution in [3.63, 3.8) is 0 Å². The van der Waals surface area contributed by atoms with E-state index in [-0.39, 0.29) is 18.0 Å². The van der Waals surface area contributed by atoms with Crippen LogP contribution in [-0.2, 0) is 4.79 Å². The number of carbonyl (C=O) groups is 1. The first-order valence-corrected chi connectivity index (χ1v) is 5.45. The number of nitrogens with zero attached hydrogens (tertiary/aromatic N) is 1. The molecule has 1 amide bonds. The first kappa shape index (κ1) is 11.8. The first-order valence-electron chi connectivity index (χ1n) is 4.63. The Morgan fingerprint density at radius 1 is 1.60 bits per heavy atom. The number of rotatable bonds is 3. The van der Waals surface area contributed by atoms with Crippen LogP contribution in [0.2, 0.25) is 0 Å². The highest BCUT2D eigenvalue weighted by molar-refractivity contribution is 7.19. The van der Waals surface area contributed by atoms with Crippen LogP contribution in [-0.4, -0.2) is 23.0 Å². The highest BCUT2D eigenvalue weighted by atomic mass is 32.1. The number of hydrogen-bond acceptors (Lipinski definition) is 5. The summed E-state index contributed by atoms with van der Waals surface area (Å²) in [7, 11) is 0. The van der Waals surface area contributed by atoms with E-state index in [0.29, 0.717) is 10.1 Å². The van der Waals surface area contributed by atoms with Crippen molar-refractivity contribution < 1.29 is 4.79 Å². The Bertz CT molecular complexity index is 342. The molecule has 0 radical (unpaired) electrons. The maximum atomic E-state index is 11.4. The van der Waals surface area contributed by atoms with Gasteiger partial charge in [0, 0.05) is 5.54 Å². The van der Waals surface area contributed by atoms with Gasteiger partial charge in [-0.1, -0.05) is 11.3 Å². The number of nitrogen functional groups attached to an aromatic ring is 1. The molecule has 5 nitrogen and oxygen atoms in total. The molecule has 0 aliphatic heterocycles. The van der Waals surface area contributed by atoms with E-state index in [2.05, 4.69) is 15.6 Å². The molecule has 15 heavy (non-hydrogen) atoms. The van der Waals surface area contributed by atoms with E-state index in [1.54, 1.807) is 6.20 Å². The second-order valence-corrected chi connectivity index (χ2v) is 5.28. The standard InChI is InChI=1S/C9H16N4OS/c1-9(2,3)13-7(14)5-12-8-11-4-6(10)15-8/h4H,5,10H2,1-3H3,(H,11,12)(H,13,14). The van der Waals surface area contributed by atoms with Gasteiger partial charge in [-0.2, -0.15) is 0 Å². The normalized spacial score (nSPS) is 11.1. The summed E-state index contributed by atoms with van der Waals surface area (Å²) in [6.07, 6.45) is 1.56. The van der Waals surface area contributed by atoms with Crippen molar-refractivity contribution >= 4 is 27.4 Å². The van der Waals surface area contributed by atoms with E-state index < -0.39 is 0 Å². The van der Waals surface area contributed by atoms with Crippen LogP contribution in [0.4, 0.5) is 10.1 Å². The largest absolute Gasteiger partial charge is 0.389 e. The van der Waals surface area contributed by atoms with Crippen molar-refractivity contribution in [3.05, 3.63) is 6.20 Å². The number of amides is 1. The molecule has 0 aliphatic carbocycles. The van der Waals surface area contributed by atoms with Crippen LogP contribution < -0.4 is 16.4 Å². The quantitative estimate of drug-likeness (QED) is 0.722. The van der Waals surface area contributed by atoms with Gasteiger partial charge < -0.3 is 16.4 Å². The topological polar surface area (TPSA) is 80.0 Å². The van der Waals surface area contributed by atoms with Crippen molar-refractivity contribution in [2.45, 2.75) is 26.3 Å². The summed E-state index contributed by atoms with van der Waals surface area (Å²) < 4.78 is 0. The van der Waals surface area contributed by atoms with Gasteiger partial charge >= 0.3 is 0 Å². The van der Waals surface area contributed by atoms with Crippen LogP contribution in [0.3, 0.4) is 0 Å². The van der Waals surface area contributed by atoms with Crippen molar-refractivity contribution in [1.82, 2.24) is 10.3 Å². The Morgan fingerprint density at radius 3 is 2.73 bits per heavy atom. The van der Waals surface area contributed by atoms with Gasteiger partial charge in [-0.05, 0) is 20.8 Å². The number of thiazole rings is 1. The lowest BCUT2D eigenvalue weighted by molar-refractivity contribution is -0.120. The lowest BCUT2D eigenvalue weighted by atomic mass is 10.1. The molecular formula is C9H16N4OS. The second kappa shape index (κ2) is 4.48.